The highest BCUT2D eigenvalue weighted by Gasteiger charge is 2.42. The first-order chi connectivity index (χ1) is 13.4. The molecule has 1 aromatic carbocycles. The summed E-state index contributed by atoms with van der Waals surface area (Å²) in [7, 11) is 0. The summed E-state index contributed by atoms with van der Waals surface area (Å²) < 4.78 is 5.94. The molecule has 4 rings (SSSR count). The SMILES string of the molecule is CC12N=C(N)SCC1CCOc1ccc(NC(=O)c3ncc(Cl)cc3Cl)cc12. The Morgan fingerprint density at radius 2 is 2.21 bits per heavy atom. The zero-order chi connectivity index (χ0) is 19.9. The second-order valence-electron chi connectivity index (χ2n) is 6.89. The number of hydrogen-bond donors (Lipinski definition) is 2. The monoisotopic (exact) mass is 436 g/mol. The third kappa shape index (κ3) is 3.54. The standard InChI is InChI=1S/C19H18Cl2N4O2S/c1-19-10(9-28-18(22)25-19)4-5-27-15-3-2-12(7-13(15)19)24-17(26)16-14(21)6-11(20)8-23-16/h2-3,6-8,10H,4-5,9H2,1H3,(H2,22,25)(H,24,26). The fraction of sp³-hybridized carbons (Fsp3) is 0.316. The lowest BCUT2D eigenvalue weighted by Crippen LogP contribution is -2.37. The van der Waals surface area contributed by atoms with Crippen LogP contribution >= 0.6 is 35.0 Å². The number of fused-ring (bicyclic) bond motifs is 3. The summed E-state index contributed by atoms with van der Waals surface area (Å²) in [5.41, 5.74) is 7.15. The number of hydrogen-bond acceptors (Lipinski definition) is 6. The Balaban J connectivity index is 1.69. The molecule has 2 aliphatic heterocycles. The zero-order valence-corrected chi connectivity index (χ0v) is 17.4. The topological polar surface area (TPSA) is 89.6 Å². The van der Waals surface area contributed by atoms with Gasteiger partial charge in [0.15, 0.2) is 5.17 Å². The maximum absolute atomic E-state index is 12.6. The average molecular weight is 437 g/mol. The molecule has 0 aliphatic carbocycles. The Hall–Kier alpha value is -1.96. The molecule has 1 amide bonds. The van der Waals surface area contributed by atoms with Crippen molar-refractivity contribution in [2.75, 3.05) is 17.7 Å². The highest BCUT2D eigenvalue weighted by molar-refractivity contribution is 8.13. The van der Waals surface area contributed by atoms with Crippen LogP contribution in [0.15, 0.2) is 35.5 Å². The molecule has 3 N–H and O–H groups in total. The number of carbonyl (C=O) groups is 1. The highest BCUT2D eigenvalue weighted by atomic mass is 35.5. The molecule has 146 valence electrons. The van der Waals surface area contributed by atoms with E-state index in [4.69, 9.17) is 38.7 Å². The van der Waals surface area contributed by atoms with Gasteiger partial charge in [-0.1, -0.05) is 35.0 Å². The molecular weight excluding hydrogens is 419 g/mol. The third-order valence-electron chi connectivity index (χ3n) is 5.10. The Morgan fingerprint density at radius 3 is 3.00 bits per heavy atom. The number of rotatable bonds is 2. The fourth-order valence-corrected chi connectivity index (χ4v) is 5.14. The van der Waals surface area contributed by atoms with E-state index in [2.05, 4.69) is 17.2 Å². The number of nitrogens with two attached hydrogens (primary N) is 1. The van der Waals surface area contributed by atoms with E-state index >= 15 is 0 Å². The molecule has 2 aliphatic rings. The van der Waals surface area contributed by atoms with Crippen molar-refractivity contribution in [2.45, 2.75) is 18.9 Å². The predicted molar refractivity (Wildman–Crippen MR) is 114 cm³/mol. The summed E-state index contributed by atoms with van der Waals surface area (Å²) in [6.45, 7) is 2.69. The number of aliphatic imine (C=N–C) groups is 1. The first kappa shape index (κ1) is 19.4. The molecule has 2 atom stereocenters. The van der Waals surface area contributed by atoms with Crippen LogP contribution in [0.25, 0.3) is 0 Å². The van der Waals surface area contributed by atoms with Crippen molar-refractivity contribution in [1.29, 1.82) is 0 Å². The van der Waals surface area contributed by atoms with Crippen molar-refractivity contribution in [2.24, 2.45) is 16.6 Å². The number of nitrogens with one attached hydrogen (secondary N) is 1. The summed E-state index contributed by atoms with van der Waals surface area (Å²) in [6.07, 6.45) is 2.27. The molecule has 1 aromatic heterocycles. The molecule has 3 heterocycles. The minimum absolute atomic E-state index is 0.109. The van der Waals surface area contributed by atoms with Gasteiger partial charge in [-0.3, -0.25) is 9.79 Å². The van der Waals surface area contributed by atoms with Crippen LogP contribution in [0.5, 0.6) is 5.75 Å². The van der Waals surface area contributed by atoms with Gasteiger partial charge in [-0.25, -0.2) is 4.98 Å². The summed E-state index contributed by atoms with van der Waals surface area (Å²) in [4.78, 5) is 21.4. The van der Waals surface area contributed by atoms with E-state index in [0.29, 0.717) is 28.4 Å². The van der Waals surface area contributed by atoms with Gasteiger partial charge in [0.1, 0.15) is 11.4 Å². The van der Waals surface area contributed by atoms with E-state index < -0.39 is 11.4 Å². The van der Waals surface area contributed by atoms with Crippen LogP contribution < -0.4 is 15.8 Å². The van der Waals surface area contributed by atoms with Crippen molar-refractivity contribution < 1.29 is 9.53 Å². The van der Waals surface area contributed by atoms with Crippen LogP contribution in [0, 0.1) is 5.92 Å². The number of anilines is 1. The van der Waals surface area contributed by atoms with E-state index in [1.165, 1.54) is 12.3 Å². The number of ether oxygens (including phenoxy) is 1. The van der Waals surface area contributed by atoms with Gasteiger partial charge in [-0.15, -0.1) is 0 Å². The number of carbonyl (C=O) groups excluding carboxylic acids is 1. The van der Waals surface area contributed by atoms with Gasteiger partial charge in [-0.2, -0.15) is 0 Å². The Morgan fingerprint density at radius 1 is 1.39 bits per heavy atom. The van der Waals surface area contributed by atoms with Gasteiger partial charge in [0.25, 0.3) is 5.91 Å². The van der Waals surface area contributed by atoms with Crippen LogP contribution in [-0.4, -0.2) is 28.4 Å². The van der Waals surface area contributed by atoms with E-state index in [9.17, 15) is 4.79 Å². The largest absolute Gasteiger partial charge is 0.493 e. The quantitative estimate of drug-likeness (QED) is 0.731. The Labute approximate surface area is 176 Å². The second-order valence-corrected chi connectivity index (χ2v) is 8.78. The van der Waals surface area contributed by atoms with Crippen LogP contribution in [0.3, 0.4) is 0 Å². The normalized spacial score (nSPS) is 23.5. The van der Waals surface area contributed by atoms with Crippen LogP contribution in [0.1, 0.15) is 29.4 Å². The average Bonchev–Trinajstić information content (AvgIpc) is 2.77. The van der Waals surface area contributed by atoms with Gasteiger partial charge in [-0.05, 0) is 37.6 Å². The highest BCUT2D eigenvalue weighted by Crippen LogP contribution is 2.47. The summed E-state index contributed by atoms with van der Waals surface area (Å²) in [5, 5.41) is 3.97. The number of pyridine rings is 1. The molecule has 0 saturated heterocycles. The van der Waals surface area contributed by atoms with Crippen molar-refractivity contribution in [1.82, 2.24) is 4.98 Å². The van der Waals surface area contributed by atoms with Gasteiger partial charge in [0.05, 0.1) is 22.2 Å². The molecule has 0 fully saturated rings. The third-order valence-corrected chi connectivity index (χ3v) is 6.55. The summed E-state index contributed by atoms with van der Waals surface area (Å²) >= 11 is 13.5. The lowest BCUT2D eigenvalue weighted by Gasteiger charge is -2.36. The van der Waals surface area contributed by atoms with Gasteiger partial charge in [0.2, 0.25) is 0 Å². The summed E-state index contributed by atoms with van der Waals surface area (Å²) in [6, 6.07) is 7.01. The van der Waals surface area contributed by atoms with Crippen molar-refractivity contribution in [3.8, 4) is 5.75 Å². The van der Waals surface area contributed by atoms with E-state index in [1.807, 2.05) is 12.1 Å². The molecule has 0 bridgehead atoms. The lowest BCUT2D eigenvalue weighted by atomic mass is 9.79. The van der Waals surface area contributed by atoms with Gasteiger partial charge in [0, 0.05) is 29.1 Å². The molecule has 6 nitrogen and oxygen atoms in total. The molecule has 0 spiro atoms. The maximum Gasteiger partial charge on any atom is 0.275 e. The number of halogens is 2. The zero-order valence-electron chi connectivity index (χ0n) is 15.0. The van der Waals surface area contributed by atoms with Gasteiger partial charge < -0.3 is 15.8 Å². The molecule has 9 heteroatoms. The van der Waals surface area contributed by atoms with Crippen molar-refractivity contribution >= 4 is 51.7 Å². The van der Waals surface area contributed by atoms with Crippen molar-refractivity contribution in [3.05, 3.63) is 51.8 Å². The number of thioether (sulfide) groups is 1. The van der Waals surface area contributed by atoms with Crippen LogP contribution in [-0.2, 0) is 5.54 Å². The number of aromatic nitrogens is 1. The van der Waals surface area contributed by atoms with E-state index in [1.54, 1.807) is 17.8 Å². The minimum atomic E-state index is -0.502. The fourth-order valence-electron chi connectivity index (χ4n) is 3.56. The maximum atomic E-state index is 12.6. The number of benzene rings is 1. The number of amides is 1. The molecule has 0 radical (unpaired) electrons. The molecular formula is C19H18Cl2N4O2S. The Bertz CT molecular complexity index is 984. The minimum Gasteiger partial charge on any atom is -0.493 e. The van der Waals surface area contributed by atoms with Gasteiger partial charge >= 0.3 is 0 Å². The molecule has 2 unspecified atom stereocenters. The lowest BCUT2D eigenvalue weighted by molar-refractivity contribution is 0.102. The second kappa shape index (κ2) is 7.46. The van der Waals surface area contributed by atoms with Crippen LogP contribution in [0.2, 0.25) is 10.0 Å². The van der Waals surface area contributed by atoms with E-state index in [-0.39, 0.29) is 10.7 Å². The predicted octanol–water partition coefficient (Wildman–Crippen LogP) is 4.32. The molecule has 2 aromatic rings. The molecule has 0 saturated carbocycles. The first-order valence-electron chi connectivity index (χ1n) is 8.74. The first-order valence-corrected chi connectivity index (χ1v) is 10.5. The van der Waals surface area contributed by atoms with Crippen LogP contribution in [0.4, 0.5) is 5.69 Å². The van der Waals surface area contributed by atoms with Crippen molar-refractivity contribution in [3.63, 3.8) is 0 Å². The van der Waals surface area contributed by atoms with E-state index in [0.717, 1.165) is 23.5 Å². The number of nitrogens with zero attached hydrogens (tertiary/aromatic N) is 2. The smallest absolute Gasteiger partial charge is 0.275 e. The molecule has 28 heavy (non-hydrogen) atoms. The summed E-state index contributed by atoms with van der Waals surface area (Å²) in [5.74, 6) is 1.52. The Kier molecular flexibility index (Phi) is 5.16. The number of amidine groups is 1.